The fourth-order valence-electron chi connectivity index (χ4n) is 1.30. The lowest BCUT2D eigenvalue weighted by Gasteiger charge is -2.04. The molecule has 0 aliphatic rings. The Kier molecular flexibility index (Phi) is 3.93. The van der Waals surface area contributed by atoms with Crippen LogP contribution in [-0.2, 0) is 4.74 Å². The zero-order valence-corrected chi connectivity index (χ0v) is 9.48. The highest BCUT2D eigenvalue weighted by molar-refractivity contribution is 5.74. The summed E-state index contributed by atoms with van der Waals surface area (Å²) in [6, 6.07) is 18.1. The summed E-state index contributed by atoms with van der Waals surface area (Å²) in [4.78, 5) is 4.09. The van der Waals surface area contributed by atoms with Crippen LogP contribution in [0.2, 0.25) is 0 Å². The van der Waals surface area contributed by atoms with Crippen LogP contribution >= 0.6 is 0 Å². The average Bonchev–Trinajstić information content (AvgIpc) is 2.41. The van der Waals surface area contributed by atoms with Gasteiger partial charge in [0.2, 0.25) is 0 Å². The third-order valence-electron chi connectivity index (χ3n) is 2.06. The van der Waals surface area contributed by atoms with E-state index < -0.39 is 0 Å². The van der Waals surface area contributed by atoms with E-state index in [0.717, 1.165) is 0 Å². The van der Waals surface area contributed by atoms with Gasteiger partial charge in [-0.05, 0) is 24.3 Å². The van der Waals surface area contributed by atoms with Crippen LogP contribution in [0.15, 0.2) is 65.7 Å². The van der Waals surface area contributed by atoms with Gasteiger partial charge in [-0.2, -0.15) is 4.99 Å². The lowest BCUT2D eigenvalue weighted by Crippen LogP contribution is -2.09. The molecule has 0 saturated heterocycles. The van der Waals surface area contributed by atoms with Gasteiger partial charge in [-0.1, -0.05) is 36.4 Å². The predicted molar refractivity (Wildman–Crippen MR) is 67.3 cm³/mol. The molecular formula is C14H10N2O2. The summed E-state index contributed by atoms with van der Waals surface area (Å²) in [5.41, 5.74) is 0.652. The molecule has 4 nitrogen and oxygen atoms in total. The van der Waals surface area contributed by atoms with Crippen LogP contribution in [0, 0.1) is 11.5 Å². The van der Waals surface area contributed by atoms with Crippen LogP contribution in [-0.4, -0.2) is 6.08 Å². The van der Waals surface area contributed by atoms with Gasteiger partial charge in [-0.3, -0.25) is 0 Å². The third kappa shape index (κ3) is 3.35. The first-order chi connectivity index (χ1) is 8.88. The Morgan fingerprint density at radius 2 is 1.56 bits per heavy atom. The Morgan fingerprint density at radius 1 is 0.944 bits per heavy atom. The largest absolute Gasteiger partial charge is 0.410 e. The Labute approximate surface area is 105 Å². The smallest absolute Gasteiger partial charge is 0.410 e. The van der Waals surface area contributed by atoms with E-state index in [0.29, 0.717) is 11.4 Å². The van der Waals surface area contributed by atoms with Crippen LogP contribution in [0.4, 0.5) is 5.69 Å². The molecule has 0 aromatic heterocycles. The summed E-state index contributed by atoms with van der Waals surface area (Å²) in [5, 5.41) is 8.56. The normalized spacial score (nSPS) is 10.5. The molecule has 88 valence electrons. The Balaban J connectivity index is 2.19. The van der Waals surface area contributed by atoms with Gasteiger partial charge in [0.1, 0.15) is 5.75 Å². The number of ether oxygens (including phenoxy) is 2. The molecule has 0 aliphatic heterocycles. The molecule has 2 rings (SSSR count). The average molecular weight is 238 g/mol. The van der Waals surface area contributed by atoms with E-state index in [2.05, 4.69) is 9.73 Å². The van der Waals surface area contributed by atoms with E-state index in [1.807, 2.05) is 36.4 Å². The molecule has 0 amide bonds. The van der Waals surface area contributed by atoms with Gasteiger partial charge in [-0.25, -0.2) is 0 Å². The number of rotatable bonds is 2. The molecule has 0 atom stereocenters. The van der Waals surface area contributed by atoms with Crippen molar-refractivity contribution < 1.29 is 9.47 Å². The van der Waals surface area contributed by atoms with E-state index in [4.69, 9.17) is 10.00 Å². The first-order valence-electron chi connectivity index (χ1n) is 5.31. The second kappa shape index (κ2) is 6.06. The van der Waals surface area contributed by atoms with Gasteiger partial charge in [0, 0.05) is 0 Å². The minimum atomic E-state index is -0.102. The van der Waals surface area contributed by atoms with Crippen molar-refractivity contribution in [3.8, 4) is 12.0 Å². The van der Waals surface area contributed by atoms with Gasteiger partial charge in [0.15, 0.2) is 0 Å². The predicted octanol–water partition coefficient (Wildman–Crippen LogP) is 3.25. The molecule has 2 aromatic rings. The van der Waals surface area contributed by atoms with E-state index in [9.17, 15) is 0 Å². The molecule has 18 heavy (non-hydrogen) atoms. The van der Waals surface area contributed by atoms with Crippen molar-refractivity contribution in [3.05, 3.63) is 60.7 Å². The topological polar surface area (TPSA) is 54.6 Å². The highest BCUT2D eigenvalue weighted by atomic mass is 16.7. The summed E-state index contributed by atoms with van der Waals surface area (Å²) in [5.74, 6) is 0.558. The van der Waals surface area contributed by atoms with Gasteiger partial charge in [-0.15, -0.1) is 5.26 Å². The number of nitrogens with zero attached hydrogens (tertiary/aromatic N) is 2. The number of nitriles is 1. The molecule has 0 aliphatic carbocycles. The zero-order valence-electron chi connectivity index (χ0n) is 9.48. The lowest BCUT2D eigenvalue weighted by molar-refractivity contribution is 0.356. The maximum atomic E-state index is 8.56. The molecule has 0 unspecified atom stereocenters. The van der Waals surface area contributed by atoms with E-state index in [1.54, 1.807) is 30.5 Å². The molecule has 0 spiro atoms. The van der Waals surface area contributed by atoms with E-state index >= 15 is 0 Å². The van der Waals surface area contributed by atoms with Gasteiger partial charge in [0.25, 0.3) is 6.26 Å². The molecule has 2 aromatic carbocycles. The zero-order chi connectivity index (χ0) is 12.6. The standard InChI is InChI=1S/C14H10N2O2/c15-11-17-14(16-12-7-3-1-4-8-12)18-13-9-5-2-6-10-13/h1-10H. The van der Waals surface area contributed by atoms with Crippen LogP contribution < -0.4 is 4.74 Å². The van der Waals surface area contributed by atoms with Crippen molar-refractivity contribution in [1.82, 2.24) is 0 Å². The number of hydrogen-bond acceptors (Lipinski definition) is 4. The SMILES string of the molecule is N#COC(=Nc1ccccc1)Oc1ccccc1. The first kappa shape index (κ1) is 11.7. The Bertz CT molecular complexity index is 559. The number of para-hydroxylation sites is 2. The van der Waals surface area contributed by atoms with Gasteiger partial charge in [0.05, 0.1) is 5.69 Å². The van der Waals surface area contributed by atoms with Crippen molar-refractivity contribution in [2.75, 3.05) is 0 Å². The van der Waals surface area contributed by atoms with Crippen molar-refractivity contribution >= 4 is 11.8 Å². The summed E-state index contributed by atoms with van der Waals surface area (Å²) < 4.78 is 10.0. The maximum absolute atomic E-state index is 8.56. The summed E-state index contributed by atoms with van der Waals surface area (Å²) in [6.45, 7) is 0. The van der Waals surface area contributed by atoms with Gasteiger partial charge < -0.3 is 9.47 Å². The van der Waals surface area contributed by atoms with Crippen molar-refractivity contribution in [3.63, 3.8) is 0 Å². The van der Waals surface area contributed by atoms with E-state index in [-0.39, 0.29) is 6.08 Å². The molecular weight excluding hydrogens is 228 g/mol. The van der Waals surface area contributed by atoms with Crippen LogP contribution in [0.3, 0.4) is 0 Å². The number of hydrogen-bond donors (Lipinski definition) is 0. The number of benzene rings is 2. The van der Waals surface area contributed by atoms with Crippen molar-refractivity contribution in [2.24, 2.45) is 4.99 Å². The Hall–Kier alpha value is -2.80. The minimum Gasteiger partial charge on any atom is -0.410 e. The minimum absolute atomic E-state index is 0.102. The fourth-order valence-corrected chi connectivity index (χ4v) is 1.30. The summed E-state index contributed by atoms with van der Waals surface area (Å²) in [6.07, 6.45) is 1.45. The second-order valence-corrected chi connectivity index (χ2v) is 3.32. The molecule has 0 heterocycles. The highest BCUT2D eigenvalue weighted by Crippen LogP contribution is 2.14. The van der Waals surface area contributed by atoms with Crippen molar-refractivity contribution in [2.45, 2.75) is 0 Å². The van der Waals surface area contributed by atoms with Crippen molar-refractivity contribution in [1.29, 1.82) is 5.26 Å². The molecule has 0 N–H and O–H groups in total. The fraction of sp³-hybridized carbons (Fsp3) is 0. The van der Waals surface area contributed by atoms with E-state index in [1.165, 1.54) is 0 Å². The summed E-state index contributed by atoms with van der Waals surface area (Å²) >= 11 is 0. The highest BCUT2D eigenvalue weighted by Gasteiger charge is 2.04. The Morgan fingerprint density at radius 3 is 2.17 bits per heavy atom. The lowest BCUT2D eigenvalue weighted by atomic mass is 10.3. The third-order valence-corrected chi connectivity index (χ3v) is 2.06. The molecule has 4 heteroatoms. The van der Waals surface area contributed by atoms with Crippen LogP contribution in [0.1, 0.15) is 0 Å². The first-order valence-corrected chi connectivity index (χ1v) is 5.31. The monoisotopic (exact) mass is 238 g/mol. The molecule has 0 fully saturated rings. The molecule has 0 radical (unpaired) electrons. The van der Waals surface area contributed by atoms with Crippen LogP contribution in [0.5, 0.6) is 5.75 Å². The maximum Gasteiger partial charge on any atom is 0.410 e. The quantitative estimate of drug-likeness (QED) is 0.458. The number of aliphatic imine (C=N–C) groups is 1. The molecule has 0 saturated carbocycles. The second-order valence-electron chi connectivity index (χ2n) is 3.32. The van der Waals surface area contributed by atoms with Gasteiger partial charge >= 0.3 is 6.08 Å². The molecule has 0 bridgehead atoms. The summed E-state index contributed by atoms with van der Waals surface area (Å²) in [7, 11) is 0. The van der Waals surface area contributed by atoms with Crippen LogP contribution in [0.25, 0.3) is 0 Å².